The minimum atomic E-state index is 0.709. The third kappa shape index (κ3) is 3.44. The van der Waals surface area contributed by atoms with Crippen molar-refractivity contribution in [2.75, 3.05) is 6.54 Å². The Balaban J connectivity index is 1.90. The van der Waals surface area contributed by atoms with E-state index in [9.17, 15) is 0 Å². The molecule has 3 nitrogen and oxygen atoms in total. The molecule has 18 heavy (non-hydrogen) atoms. The van der Waals surface area contributed by atoms with E-state index < -0.39 is 0 Å². The highest BCUT2D eigenvalue weighted by Crippen LogP contribution is 2.12. The Morgan fingerprint density at radius 2 is 2.06 bits per heavy atom. The lowest BCUT2D eigenvalue weighted by atomic mass is 10.0. The summed E-state index contributed by atoms with van der Waals surface area (Å²) < 4.78 is 5.67. The summed E-state index contributed by atoms with van der Waals surface area (Å²) in [7, 11) is 0. The Bertz CT molecular complexity index is 491. The molecule has 1 heterocycles. The lowest BCUT2D eigenvalue weighted by Gasteiger charge is -2.03. The summed E-state index contributed by atoms with van der Waals surface area (Å²) in [4.78, 5) is 4.26. The van der Waals surface area contributed by atoms with Gasteiger partial charge < -0.3 is 9.73 Å². The van der Waals surface area contributed by atoms with Crippen molar-refractivity contribution in [3.63, 3.8) is 0 Å². The zero-order valence-corrected chi connectivity index (χ0v) is 11.1. The molecule has 2 aromatic rings. The van der Waals surface area contributed by atoms with Crippen LogP contribution in [-0.2, 0) is 19.4 Å². The highest BCUT2D eigenvalue weighted by atomic mass is 16.4. The van der Waals surface area contributed by atoms with Crippen molar-refractivity contribution in [1.29, 1.82) is 0 Å². The van der Waals surface area contributed by atoms with Crippen LogP contribution in [0.3, 0.4) is 0 Å². The van der Waals surface area contributed by atoms with E-state index in [2.05, 4.69) is 48.4 Å². The van der Waals surface area contributed by atoms with Crippen molar-refractivity contribution in [3.05, 3.63) is 53.2 Å². The van der Waals surface area contributed by atoms with Gasteiger partial charge in [-0.3, -0.25) is 0 Å². The largest absolute Gasteiger partial charge is 0.444 e. The van der Waals surface area contributed by atoms with Crippen LogP contribution in [0.15, 0.2) is 34.9 Å². The highest BCUT2D eigenvalue weighted by Gasteiger charge is 2.04. The van der Waals surface area contributed by atoms with Gasteiger partial charge in [0.05, 0.1) is 12.7 Å². The van der Waals surface area contributed by atoms with Crippen LogP contribution in [0.2, 0.25) is 0 Å². The number of hydrogen-bond acceptors (Lipinski definition) is 3. The minimum absolute atomic E-state index is 0.709. The summed E-state index contributed by atoms with van der Waals surface area (Å²) in [6.45, 7) is 5.86. The number of rotatable bonds is 6. The fourth-order valence-electron chi connectivity index (χ4n) is 1.93. The topological polar surface area (TPSA) is 38.1 Å². The molecule has 0 amide bonds. The van der Waals surface area contributed by atoms with Gasteiger partial charge in [0.1, 0.15) is 5.76 Å². The summed E-state index contributed by atoms with van der Waals surface area (Å²) in [6.07, 6.45) is 3.75. The van der Waals surface area contributed by atoms with Crippen molar-refractivity contribution >= 4 is 0 Å². The zero-order valence-electron chi connectivity index (χ0n) is 11.1. The monoisotopic (exact) mass is 244 g/mol. The molecule has 0 bridgehead atoms. The molecule has 0 radical (unpaired) electrons. The van der Waals surface area contributed by atoms with E-state index in [0.717, 1.165) is 31.0 Å². The normalized spacial score (nSPS) is 10.8. The molecule has 3 heteroatoms. The SMILES string of the molecule is CCNCc1ncc(CCc2ccccc2C)o1. The van der Waals surface area contributed by atoms with Crippen LogP contribution >= 0.6 is 0 Å². The van der Waals surface area contributed by atoms with Gasteiger partial charge in [0, 0.05) is 6.42 Å². The van der Waals surface area contributed by atoms with Crippen molar-refractivity contribution in [2.24, 2.45) is 0 Å². The third-order valence-electron chi connectivity index (χ3n) is 3.03. The summed E-state index contributed by atoms with van der Waals surface area (Å²) in [6, 6.07) is 8.47. The lowest BCUT2D eigenvalue weighted by Crippen LogP contribution is -2.11. The second kappa shape index (κ2) is 6.36. The molecule has 0 saturated heterocycles. The number of hydrogen-bond donors (Lipinski definition) is 1. The molecular weight excluding hydrogens is 224 g/mol. The Labute approximate surface area is 108 Å². The first-order chi connectivity index (χ1) is 8.79. The maximum absolute atomic E-state index is 5.67. The fourth-order valence-corrected chi connectivity index (χ4v) is 1.93. The standard InChI is InChI=1S/C15H20N2O/c1-3-16-11-15-17-10-14(18-15)9-8-13-7-5-4-6-12(13)2/h4-7,10,16H,3,8-9,11H2,1-2H3. The highest BCUT2D eigenvalue weighted by molar-refractivity contribution is 5.26. The quantitative estimate of drug-likeness (QED) is 0.849. The van der Waals surface area contributed by atoms with Gasteiger partial charge in [0.25, 0.3) is 0 Å². The summed E-state index contributed by atoms with van der Waals surface area (Å²) in [5.74, 6) is 1.74. The lowest BCUT2D eigenvalue weighted by molar-refractivity contribution is 0.438. The van der Waals surface area contributed by atoms with Crippen LogP contribution in [0.5, 0.6) is 0 Å². The van der Waals surface area contributed by atoms with Gasteiger partial charge in [0.2, 0.25) is 5.89 Å². The van der Waals surface area contributed by atoms with Crippen molar-refractivity contribution < 1.29 is 4.42 Å². The number of benzene rings is 1. The van der Waals surface area contributed by atoms with Gasteiger partial charge in [-0.2, -0.15) is 0 Å². The molecule has 0 spiro atoms. The first-order valence-corrected chi connectivity index (χ1v) is 6.48. The average molecular weight is 244 g/mol. The predicted molar refractivity (Wildman–Crippen MR) is 72.5 cm³/mol. The number of nitrogens with zero attached hydrogens (tertiary/aromatic N) is 1. The Morgan fingerprint density at radius 1 is 1.22 bits per heavy atom. The molecule has 0 aliphatic carbocycles. The molecule has 0 saturated carbocycles. The van der Waals surface area contributed by atoms with Gasteiger partial charge in [-0.15, -0.1) is 0 Å². The molecule has 2 rings (SSSR count). The zero-order chi connectivity index (χ0) is 12.8. The molecular formula is C15H20N2O. The maximum atomic E-state index is 5.67. The molecule has 0 aliphatic heterocycles. The molecule has 1 N–H and O–H groups in total. The summed E-state index contributed by atoms with van der Waals surface area (Å²) in [5.41, 5.74) is 2.71. The van der Waals surface area contributed by atoms with Gasteiger partial charge in [-0.25, -0.2) is 4.98 Å². The van der Waals surface area contributed by atoms with Crippen LogP contribution in [-0.4, -0.2) is 11.5 Å². The number of aryl methyl sites for hydroxylation is 3. The molecule has 0 atom stereocenters. The van der Waals surface area contributed by atoms with Gasteiger partial charge in [-0.1, -0.05) is 31.2 Å². The number of nitrogens with one attached hydrogen (secondary N) is 1. The van der Waals surface area contributed by atoms with Crippen LogP contribution in [0, 0.1) is 6.92 Å². The fraction of sp³-hybridized carbons (Fsp3) is 0.400. The Kier molecular flexibility index (Phi) is 4.53. The third-order valence-corrected chi connectivity index (χ3v) is 3.03. The van der Waals surface area contributed by atoms with E-state index in [1.54, 1.807) is 0 Å². The molecule has 0 aliphatic rings. The van der Waals surface area contributed by atoms with Crippen LogP contribution in [0.4, 0.5) is 0 Å². The van der Waals surface area contributed by atoms with E-state index in [1.165, 1.54) is 11.1 Å². The predicted octanol–water partition coefficient (Wildman–Crippen LogP) is 2.88. The van der Waals surface area contributed by atoms with Crippen LogP contribution < -0.4 is 5.32 Å². The molecule has 1 aromatic carbocycles. The maximum Gasteiger partial charge on any atom is 0.208 e. The first kappa shape index (κ1) is 12.8. The first-order valence-electron chi connectivity index (χ1n) is 6.48. The second-order valence-corrected chi connectivity index (χ2v) is 4.43. The molecule has 0 fully saturated rings. The average Bonchev–Trinajstić information content (AvgIpc) is 2.83. The van der Waals surface area contributed by atoms with Gasteiger partial charge in [0.15, 0.2) is 0 Å². The van der Waals surface area contributed by atoms with E-state index in [0.29, 0.717) is 6.54 Å². The molecule has 96 valence electrons. The van der Waals surface area contributed by atoms with Crippen LogP contribution in [0.25, 0.3) is 0 Å². The number of oxazole rings is 1. The van der Waals surface area contributed by atoms with Crippen molar-refractivity contribution in [3.8, 4) is 0 Å². The second-order valence-electron chi connectivity index (χ2n) is 4.43. The minimum Gasteiger partial charge on any atom is -0.444 e. The van der Waals surface area contributed by atoms with E-state index in [-0.39, 0.29) is 0 Å². The Hall–Kier alpha value is -1.61. The van der Waals surface area contributed by atoms with Crippen LogP contribution in [0.1, 0.15) is 29.7 Å². The summed E-state index contributed by atoms with van der Waals surface area (Å²) in [5, 5.41) is 3.20. The Morgan fingerprint density at radius 3 is 2.83 bits per heavy atom. The van der Waals surface area contributed by atoms with Crippen molar-refractivity contribution in [1.82, 2.24) is 10.3 Å². The van der Waals surface area contributed by atoms with Gasteiger partial charge >= 0.3 is 0 Å². The van der Waals surface area contributed by atoms with E-state index >= 15 is 0 Å². The smallest absolute Gasteiger partial charge is 0.208 e. The molecule has 1 aromatic heterocycles. The van der Waals surface area contributed by atoms with Gasteiger partial charge in [-0.05, 0) is 31.0 Å². The summed E-state index contributed by atoms with van der Waals surface area (Å²) >= 11 is 0. The number of aromatic nitrogens is 1. The van der Waals surface area contributed by atoms with Crippen molar-refractivity contribution in [2.45, 2.75) is 33.2 Å². The van der Waals surface area contributed by atoms with E-state index in [1.807, 2.05) is 6.20 Å². The molecule has 0 unspecified atom stereocenters. The van der Waals surface area contributed by atoms with E-state index in [4.69, 9.17) is 4.42 Å².